The molecule has 0 radical (unpaired) electrons. The number of rotatable bonds is 8. The van der Waals surface area contributed by atoms with Crippen LogP contribution >= 0.6 is 0 Å². The van der Waals surface area contributed by atoms with Crippen molar-refractivity contribution in [3.63, 3.8) is 0 Å². The Morgan fingerprint density at radius 1 is 1.20 bits per heavy atom. The zero-order valence-corrected chi connectivity index (χ0v) is 12.8. The molecule has 0 aliphatic rings. The standard InChI is InChI=1S/C16H26FNO2/c1-12(2)18(10-15(19)11-20-13(3)4)9-14-7-5-6-8-16(14)17/h5-8,12-13,15,19H,9-11H2,1-4H3. The molecule has 4 heteroatoms. The summed E-state index contributed by atoms with van der Waals surface area (Å²) in [4.78, 5) is 2.05. The molecule has 0 aromatic heterocycles. The Bertz CT molecular complexity index is 396. The summed E-state index contributed by atoms with van der Waals surface area (Å²) < 4.78 is 19.1. The zero-order chi connectivity index (χ0) is 15.1. The largest absolute Gasteiger partial charge is 0.389 e. The maximum atomic E-state index is 13.7. The molecular formula is C16H26FNO2. The lowest BCUT2D eigenvalue weighted by Crippen LogP contribution is -2.39. The van der Waals surface area contributed by atoms with E-state index in [2.05, 4.69) is 0 Å². The second-order valence-electron chi connectivity index (χ2n) is 5.65. The van der Waals surface area contributed by atoms with Gasteiger partial charge in [-0.2, -0.15) is 0 Å². The van der Waals surface area contributed by atoms with Crippen LogP contribution in [-0.4, -0.2) is 41.4 Å². The van der Waals surface area contributed by atoms with Gasteiger partial charge in [0, 0.05) is 24.7 Å². The molecule has 1 atom stereocenters. The average molecular weight is 283 g/mol. The lowest BCUT2D eigenvalue weighted by Gasteiger charge is -2.29. The predicted molar refractivity (Wildman–Crippen MR) is 79.0 cm³/mol. The molecule has 114 valence electrons. The van der Waals surface area contributed by atoms with Crippen LogP contribution in [0.4, 0.5) is 4.39 Å². The normalized spacial score (nSPS) is 13.4. The van der Waals surface area contributed by atoms with Gasteiger partial charge in [-0.05, 0) is 33.8 Å². The van der Waals surface area contributed by atoms with E-state index in [1.165, 1.54) is 6.07 Å². The van der Waals surface area contributed by atoms with Gasteiger partial charge in [0.1, 0.15) is 5.82 Å². The Balaban J connectivity index is 2.59. The molecule has 0 amide bonds. The van der Waals surface area contributed by atoms with Crippen LogP contribution in [0, 0.1) is 5.82 Å². The van der Waals surface area contributed by atoms with E-state index in [1.54, 1.807) is 12.1 Å². The molecule has 3 nitrogen and oxygen atoms in total. The first-order chi connectivity index (χ1) is 9.40. The van der Waals surface area contributed by atoms with Gasteiger partial charge in [0.05, 0.1) is 18.8 Å². The summed E-state index contributed by atoms with van der Waals surface area (Å²) in [7, 11) is 0. The fraction of sp³-hybridized carbons (Fsp3) is 0.625. The Morgan fingerprint density at radius 3 is 2.40 bits per heavy atom. The zero-order valence-electron chi connectivity index (χ0n) is 12.8. The van der Waals surface area contributed by atoms with Crippen molar-refractivity contribution in [1.29, 1.82) is 0 Å². The number of aliphatic hydroxyl groups excluding tert-OH is 1. The second kappa shape index (κ2) is 8.35. The Hall–Kier alpha value is -0.970. The summed E-state index contributed by atoms with van der Waals surface area (Å²) in [5.41, 5.74) is 0.651. The number of ether oxygens (including phenoxy) is 1. The summed E-state index contributed by atoms with van der Waals surface area (Å²) in [5.74, 6) is -0.203. The fourth-order valence-corrected chi connectivity index (χ4v) is 1.93. The van der Waals surface area contributed by atoms with Gasteiger partial charge in [-0.25, -0.2) is 4.39 Å². The van der Waals surface area contributed by atoms with E-state index in [4.69, 9.17) is 4.74 Å². The van der Waals surface area contributed by atoms with Crippen LogP contribution in [0.1, 0.15) is 33.3 Å². The third kappa shape index (κ3) is 5.99. The number of benzene rings is 1. The van der Waals surface area contributed by atoms with E-state index in [-0.39, 0.29) is 18.0 Å². The summed E-state index contributed by atoms with van der Waals surface area (Å²) in [6.07, 6.45) is -0.463. The van der Waals surface area contributed by atoms with Crippen LogP contribution in [0.15, 0.2) is 24.3 Å². The van der Waals surface area contributed by atoms with Crippen LogP contribution in [0.3, 0.4) is 0 Å². The second-order valence-corrected chi connectivity index (χ2v) is 5.65. The van der Waals surface area contributed by atoms with Gasteiger partial charge in [-0.3, -0.25) is 4.90 Å². The first-order valence-corrected chi connectivity index (χ1v) is 7.17. The third-order valence-electron chi connectivity index (χ3n) is 3.13. The van der Waals surface area contributed by atoms with Gasteiger partial charge in [0.15, 0.2) is 0 Å². The number of hydrogen-bond acceptors (Lipinski definition) is 3. The van der Waals surface area contributed by atoms with E-state index >= 15 is 0 Å². The predicted octanol–water partition coefficient (Wildman–Crippen LogP) is 2.82. The molecule has 1 N–H and O–H groups in total. The Morgan fingerprint density at radius 2 is 1.85 bits per heavy atom. The minimum absolute atomic E-state index is 0.101. The SMILES string of the molecule is CC(C)OCC(O)CN(Cc1ccccc1F)C(C)C. The molecule has 20 heavy (non-hydrogen) atoms. The molecule has 1 unspecified atom stereocenters. The fourth-order valence-electron chi connectivity index (χ4n) is 1.93. The maximum absolute atomic E-state index is 13.7. The lowest BCUT2D eigenvalue weighted by atomic mass is 10.1. The summed E-state index contributed by atoms with van der Waals surface area (Å²) >= 11 is 0. The summed E-state index contributed by atoms with van der Waals surface area (Å²) in [6.45, 7) is 9.21. The third-order valence-corrected chi connectivity index (χ3v) is 3.13. The van der Waals surface area contributed by atoms with Gasteiger partial charge in [-0.1, -0.05) is 18.2 Å². The van der Waals surface area contributed by atoms with Crippen molar-refractivity contribution >= 4 is 0 Å². The number of hydrogen-bond donors (Lipinski definition) is 1. The molecule has 0 saturated heterocycles. The van der Waals surface area contributed by atoms with Crippen LogP contribution in [0.5, 0.6) is 0 Å². The van der Waals surface area contributed by atoms with Gasteiger partial charge in [-0.15, -0.1) is 0 Å². The van der Waals surface area contributed by atoms with Gasteiger partial charge in [0.2, 0.25) is 0 Å². The van der Waals surface area contributed by atoms with E-state index in [9.17, 15) is 9.50 Å². The minimum Gasteiger partial charge on any atom is -0.389 e. The van der Waals surface area contributed by atoms with Gasteiger partial charge in [0.25, 0.3) is 0 Å². The highest BCUT2D eigenvalue weighted by Gasteiger charge is 2.17. The topological polar surface area (TPSA) is 32.7 Å². The molecule has 0 saturated carbocycles. The van der Waals surface area contributed by atoms with Crippen molar-refractivity contribution in [2.24, 2.45) is 0 Å². The highest BCUT2D eigenvalue weighted by Crippen LogP contribution is 2.13. The van der Waals surface area contributed by atoms with Crippen LogP contribution in [0.25, 0.3) is 0 Å². The molecule has 1 rings (SSSR count). The van der Waals surface area contributed by atoms with Crippen molar-refractivity contribution in [3.05, 3.63) is 35.6 Å². The highest BCUT2D eigenvalue weighted by molar-refractivity contribution is 5.17. The quantitative estimate of drug-likeness (QED) is 0.796. The smallest absolute Gasteiger partial charge is 0.127 e. The van der Waals surface area contributed by atoms with Crippen molar-refractivity contribution in [2.75, 3.05) is 13.2 Å². The average Bonchev–Trinajstić information content (AvgIpc) is 2.38. The number of nitrogens with zero attached hydrogens (tertiary/aromatic N) is 1. The highest BCUT2D eigenvalue weighted by atomic mass is 19.1. The monoisotopic (exact) mass is 283 g/mol. The maximum Gasteiger partial charge on any atom is 0.127 e. The lowest BCUT2D eigenvalue weighted by molar-refractivity contribution is -0.0138. The molecule has 0 bridgehead atoms. The van der Waals surface area contributed by atoms with Crippen molar-refractivity contribution < 1.29 is 14.2 Å². The van der Waals surface area contributed by atoms with E-state index in [1.807, 2.05) is 38.7 Å². The van der Waals surface area contributed by atoms with Crippen LogP contribution in [-0.2, 0) is 11.3 Å². The van der Waals surface area contributed by atoms with Crippen LogP contribution < -0.4 is 0 Å². The first kappa shape index (κ1) is 17.1. The van der Waals surface area contributed by atoms with Gasteiger partial charge < -0.3 is 9.84 Å². The van der Waals surface area contributed by atoms with Crippen molar-refractivity contribution in [2.45, 2.75) is 52.5 Å². The Kier molecular flexibility index (Phi) is 7.13. The number of halogens is 1. The molecule has 1 aromatic rings. The number of aliphatic hydroxyl groups is 1. The minimum atomic E-state index is -0.563. The van der Waals surface area contributed by atoms with Crippen LogP contribution in [0.2, 0.25) is 0 Å². The molecule has 0 fully saturated rings. The summed E-state index contributed by atoms with van der Waals surface area (Å²) in [6, 6.07) is 6.98. The molecule has 0 heterocycles. The first-order valence-electron chi connectivity index (χ1n) is 7.17. The van der Waals surface area contributed by atoms with E-state index in [0.717, 1.165) is 0 Å². The molecule has 0 aliphatic heterocycles. The van der Waals surface area contributed by atoms with E-state index < -0.39 is 6.10 Å². The molecular weight excluding hydrogens is 257 g/mol. The molecule has 1 aromatic carbocycles. The molecule has 0 spiro atoms. The summed E-state index contributed by atoms with van der Waals surface area (Å²) in [5, 5.41) is 10.0. The van der Waals surface area contributed by atoms with E-state index in [0.29, 0.717) is 25.3 Å². The van der Waals surface area contributed by atoms with Gasteiger partial charge >= 0.3 is 0 Å². The van der Waals surface area contributed by atoms with Crippen molar-refractivity contribution in [1.82, 2.24) is 4.90 Å². The van der Waals surface area contributed by atoms with Crippen molar-refractivity contribution in [3.8, 4) is 0 Å². The molecule has 0 aliphatic carbocycles. The Labute approximate surface area is 121 Å².